The highest BCUT2D eigenvalue weighted by Gasteiger charge is 2.00. The topological polar surface area (TPSA) is 74.7 Å². The van der Waals surface area contributed by atoms with E-state index >= 15 is 0 Å². The maximum atomic E-state index is 8.57. The lowest BCUT2D eigenvalue weighted by atomic mass is 10.4. The Morgan fingerprint density at radius 3 is 2.94 bits per heavy atom. The maximum Gasteiger partial charge on any atom is 0.203 e. The van der Waals surface area contributed by atoms with E-state index in [2.05, 4.69) is 15.3 Å². The van der Waals surface area contributed by atoms with E-state index in [1.807, 2.05) is 12.1 Å². The van der Waals surface area contributed by atoms with E-state index in [9.17, 15) is 0 Å². The zero-order chi connectivity index (χ0) is 11.2. The third kappa shape index (κ3) is 2.65. The van der Waals surface area contributed by atoms with Gasteiger partial charge in [-0.1, -0.05) is 0 Å². The van der Waals surface area contributed by atoms with Gasteiger partial charge in [0, 0.05) is 12.7 Å². The van der Waals surface area contributed by atoms with Gasteiger partial charge >= 0.3 is 0 Å². The van der Waals surface area contributed by atoms with Crippen LogP contribution in [0.4, 0.5) is 0 Å². The summed E-state index contributed by atoms with van der Waals surface area (Å²) < 4.78 is 5.21. The zero-order valence-electron chi connectivity index (χ0n) is 8.55. The molecule has 0 fully saturated rings. The lowest BCUT2D eigenvalue weighted by Gasteiger charge is -2.00. The van der Waals surface area contributed by atoms with Crippen LogP contribution in [0.1, 0.15) is 17.2 Å². The first-order chi connectivity index (χ1) is 7.88. The van der Waals surface area contributed by atoms with Crippen LogP contribution in [0.5, 0.6) is 0 Å². The fraction of sp³-hybridized carbons (Fsp3) is 0.182. The number of aromatic nitrogens is 2. The van der Waals surface area contributed by atoms with E-state index in [0.717, 1.165) is 11.5 Å². The average Bonchev–Trinajstić information content (AvgIpc) is 2.78. The molecular weight excluding hydrogens is 204 g/mol. The van der Waals surface area contributed by atoms with Gasteiger partial charge in [-0.25, -0.2) is 9.97 Å². The second kappa shape index (κ2) is 5.05. The predicted molar refractivity (Wildman–Crippen MR) is 56.0 cm³/mol. The van der Waals surface area contributed by atoms with Gasteiger partial charge in [-0.05, 0) is 18.2 Å². The molecule has 0 aromatic carbocycles. The van der Waals surface area contributed by atoms with E-state index in [1.54, 1.807) is 18.3 Å². The standard InChI is InChI=1S/C11H10N4O/c12-5-10-1-2-11(16-10)7-14-6-9-3-4-13-8-15-9/h1-4,8,14H,6-7H2. The Morgan fingerprint density at radius 2 is 2.25 bits per heavy atom. The number of hydrogen-bond donors (Lipinski definition) is 1. The van der Waals surface area contributed by atoms with E-state index < -0.39 is 0 Å². The quantitative estimate of drug-likeness (QED) is 0.828. The van der Waals surface area contributed by atoms with Crippen LogP contribution < -0.4 is 5.32 Å². The van der Waals surface area contributed by atoms with E-state index in [4.69, 9.17) is 9.68 Å². The van der Waals surface area contributed by atoms with Crippen molar-refractivity contribution in [1.82, 2.24) is 15.3 Å². The minimum Gasteiger partial charge on any atom is -0.449 e. The zero-order valence-corrected chi connectivity index (χ0v) is 8.55. The third-order valence-corrected chi connectivity index (χ3v) is 2.02. The summed E-state index contributed by atoms with van der Waals surface area (Å²) in [6, 6.07) is 7.22. The van der Waals surface area contributed by atoms with Gasteiger partial charge in [-0.15, -0.1) is 0 Å². The van der Waals surface area contributed by atoms with E-state index in [0.29, 0.717) is 18.8 Å². The Balaban J connectivity index is 1.83. The van der Waals surface area contributed by atoms with Crippen LogP contribution in [0.2, 0.25) is 0 Å². The van der Waals surface area contributed by atoms with Gasteiger partial charge in [0.25, 0.3) is 0 Å². The lowest BCUT2D eigenvalue weighted by molar-refractivity contribution is 0.472. The number of furan rings is 1. The van der Waals surface area contributed by atoms with Crippen LogP contribution in [-0.4, -0.2) is 9.97 Å². The normalized spacial score (nSPS) is 9.94. The molecule has 0 atom stereocenters. The van der Waals surface area contributed by atoms with Crippen molar-refractivity contribution in [1.29, 1.82) is 5.26 Å². The second-order valence-electron chi connectivity index (χ2n) is 3.18. The van der Waals surface area contributed by atoms with E-state index in [1.165, 1.54) is 6.33 Å². The molecule has 0 unspecified atom stereocenters. The van der Waals surface area contributed by atoms with Gasteiger partial charge in [0.1, 0.15) is 18.2 Å². The Hall–Kier alpha value is -2.19. The highest BCUT2D eigenvalue weighted by atomic mass is 16.3. The Labute approximate surface area is 92.8 Å². The van der Waals surface area contributed by atoms with Crippen LogP contribution in [0.25, 0.3) is 0 Å². The average molecular weight is 214 g/mol. The van der Waals surface area contributed by atoms with Gasteiger partial charge in [0.15, 0.2) is 0 Å². The number of nitrogens with one attached hydrogen (secondary N) is 1. The fourth-order valence-corrected chi connectivity index (χ4v) is 1.27. The number of nitrogens with zero attached hydrogens (tertiary/aromatic N) is 3. The molecule has 0 bridgehead atoms. The Morgan fingerprint density at radius 1 is 1.31 bits per heavy atom. The number of hydrogen-bond acceptors (Lipinski definition) is 5. The van der Waals surface area contributed by atoms with Crippen molar-refractivity contribution in [3.8, 4) is 6.07 Å². The van der Waals surface area contributed by atoms with E-state index in [-0.39, 0.29) is 0 Å². The summed E-state index contributed by atoms with van der Waals surface area (Å²) in [6.45, 7) is 1.22. The lowest BCUT2D eigenvalue weighted by Crippen LogP contribution is -2.13. The fourth-order valence-electron chi connectivity index (χ4n) is 1.27. The van der Waals surface area contributed by atoms with Crippen LogP contribution >= 0.6 is 0 Å². The Kier molecular flexibility index (Phi) is 3.26. The molecule has 80 valence electrons. The molecule has 0 aliphatic carbocycles. The monoisotopic (exact) mass is 214 g/mol. The van der Waals surface area contributed by atoms with Crippen molar-refractivity contribution >= 4 is 0 Å². The third-order valence-electron chi connectivity index (χ3n) is 2.02. The van der Waals surface area contributed by atoms with Crippen molar-refractivity contribution < 1.29 is 4.42 Å². The Bertz CT molecular complexity index is 486. The first-order valence-electron chi connectivity index (χ1n) is 4.83. The summed E-state index contributed by atoms with van der Waals surface area (Å²) in [5.41, 5.74) is 0.919. The molecule has 5 nitrogen and oxygen atoms in total. The predicted octanol–water partition coefficient (Wildman–Crippen LogP) is 1.23. The molecule has 1 N–H and O–H groups in total. The van der Waals surface area contributed by atoms with Gasteiger partial charge in [-0.2, -0.15) is 5.26 Å². The molecule has 0 spiro atoms. The summed E-state index contributed by atoms with van der Waals surface area (Å²) in [5, 5.41) is 11.7. The summed E-state index contributed by atoms with van der Waals surface area (Å²) in [6.07, 6.45) is 3.21. The van der Waals surface area contributed by atoms with Gasteiger partial charge < -0.3 is 9.73 Å². The smallest absolute Gasteiger partial charge is 0.203 e. The van der Waals surface area contributed by atoms with Crippen LogP contribution in [0, 0.1) is 11.3 Å². The van der Waals surface area contributed by atoms with Gasteiger partial charge in [-0.3, -0.25) is 0 Å². The summed E-state index contributed by atoms with van der Waals surface area (Å²) >= 11 is 0. The van der Waals surface area contributed by atoms with Crippen LogP contribution in [-0.2, 0) is 13.1 Å². The van der Waals surface area contributed by atoms with Crippen molar-refractivity contribution in [3.63, 3.8) is 0 Å². The van der Waals surface area contributed by atoms with Crippen molar-refractivity contribution in [2.45, 2.75) is 13.1 Å². The van der Waals surface area contributed by atoms with Crippen LogP contribution in [0.15, 0.2) is 35.1 Å². The van der Waals surface area contributed by atoms with Gasteiger partial charge in [0.05, 0.1) is 12.2 Å². The molecule has 0 aliphatic heterocycles. The maximum absolute atomic E-state index is 8.57. The molecular formula is C11H10N4O. The molecule has 0 aliphatic rings. The first-order valence-corrected chi connectivity index (χ1v) is 4.83. The molecule has 0 radical (unpaired) electrons. The molecule has 2 rings (SSSR count). The molecule has 2 aromatic rings. The van der Waals surface area contributed by atoms with Gasteiger partial charge in [0.2, 0.25) is 5.76 Å². The first kappa shape index (κ1) is 10.3. The molecule has 2 heterocycles. The molecule has 16 heavy (non-hydrogen) atoms. The highest BCUT2D eigenvalue weighted by Crippen LogP contribution is 2.05. The minimum absolute atomic E-state index is 0.332. The minimum atomic E-state index is 0.332. The summed E-state index contributed by atoms with van der Waals surface area (Å²) in [4.78, 5) is 7.91. The number of rotatable bonds is 4. The van der Waals surface area contributed by atoms with Crippen molar-refractivity contribution in [2.24, 2.45) is 0 Å². The van der Waals surface area contributed by atoms with Crippen molar-refractivity contribution in [2.75, 3.05) is 0 Å². The number of nitriles is 1. The van der Waals surface area contributed by atoms with Crippen LogP contribution in [0.3, 0.4) is 0 Å². The summed E-state index contributed by atoms with van der Waals surface area (Å²) in [7, 11) is 0. The molecule has 0 saturated carbocycles. The van der Waals surface area contributed by atoms with Crippen molar-refractivity contribution in [3.05, 3.63) is 47.9 Å². The SMILES string of the molecule is N#Cc1ccc(CNCc2ccncn2)o1. The molecule has 0 saturated heterocycles. The summed E-state index contributed by atoms with van der Waals surface area (Å²) in [5.74, 6) is 1.07. The second-order valence-corrected chi connectivity index (χ2v) is 3.18. The molecule has 2 aromatic heterocycles. The molecule has 0 amide bonds. The highest BCUT2D eigenvalue weighted by molar-refractivity contribution is 5.18. The largest absolute Gasteiger partial charge is 0.449 e. The molecule has 5 heteroatoms.